The minimum Gasteiger partial charge on any atom is -0.312 e. The fourth-order valence-corrected chi connectivity index (χ4v) is 4.35. The third kappa shape index (κ3) is 3.38. The molecule has 7 heteroatoms. The Balaban J connectivity index is 0.00000206. The van der Waals surface area contributed by atoms with Gasteiger partial charge in [0.05, 0.1) is 11.6 Å². The first-order valence-corrected chi connectivity index (χ1v) is 10.5. The first-order chi connectivity index (χ1) is 15.8. The van der Waals surface area contributed by atoms with Gasteiger partial charge in [0.15, 0.2) is 0 Å². The van der Waals surface area contributed by atoms with E-state index >= 15 is 0 Å². The van der Waals surface area contributed by atoms with Crippen LogP contribution in [0, 0.1) is 12.4 Å². The topological polar surface area (TPSA) is 61.4 Å². The molecule has 1 aliphatic rings. The first kappa shape index (κ1) is 20.0. The quantitative estimate of drug-likeness (QED) is 0.242. The number of hydrogen-bond acceptors (Lipinski definition) is 4. The van der Waals surface area contributed by atoms with Crippen LogP contribution in [0.25, 0.3) is 33.4 Å². The average Bonchev–Trinajstić information content (AvgIpc) is 3.45. The number of pyridine rings is 2. The monoisotopic (exact) mass is 607 g/mol. The van der Waals surface area contributed by atoms with Crippen molar-refractivity contribution in [3.05, 3.63) is 108 Å². The maximum Gasteiger partial charge on any atom is 2.00 e. The zero-order chi connectivity index (χ0) is 21.1. The van der Waals surface area contributed by atoms with E-state index in [2.05, 4.69) is 42.7 Å². The molecule has 0 fully saturated rings. The van der Waals surface area contributed by atoms with Crippen LogP contribution in [-0.4, -0.2) is 29.5 Å². The van der Waals surface area contributed by atoms with Gasteiger partial charge in [0.1, 0.15) is 0 Å². The van der Waals surface area contributed by atoms with Crippen LogP contribution < -0.4 is 0 Å². The van der Waals surface area contributed by atoms with Crippen molar-refractivity contribution >= 4 is 21.8 Å². The molecule has 0 atom stereocenters. The number of fused-ring (bicyclic) bond motifs is 8. The summed E-state index contributed by atoms with van der Waals surface area (Å²) in [5.74, 6) is 1.37. The van der Waals surface area contributed by atoms with E-state index in [-0.39, 0.29) is 21.1 Å². The summed E-state index contributed by atoms with van der Waals surface area (Å²) in [6.45, 7) is 0. The SMILES string of the molecule is [Pt+2].[c-]1c2c3cccc2nn1-c1cccc(n1)-n1[c-]c2c(cccc2n1)Cc1cccc(n1)C3. The van der Waals surface area contributed by atoms with Gasteiger partial charge in [-0.1, -0.05) is 59.3 Å². The van der Waals surface area contributed by atoms with Crippen molar-refractivity contribution < 1.29 is 21.1 Å². The maximum atomic E-state index is 4.95. The van der Waals surface area contributed by atoms with Gasteiger partial charge in [0.2, 0.25) is 0 Å². The van der Waals surface area contributed by atoms with Crippen LogP contribution in [0.1, 0.15) is 22.5 Å². The summed E-state index contributed by atoms with van der Waals surface area (Å²) in [7, 11) is 0. The van der Waals surface area contributed by atoms with Gasteiger partial charge < -0.3 is 14.3 Å². The summed E-state index contributed by atoms with van der Waals surface area (Å²) >= 11 is 0. The van der Waals surface area contributed by atoms with Crippen molar-refractivity contribution in [3.63, 3.8) is 0 Å². The number of hydrogen-bond donors (Lipinski definition) is 0. The molecular weight excluding hydrogens is 591 g/mol. The Hall–Kier alpha value is -3.63. The van der Waals surface area contributed by atoms with E-state index in [1.54, 1.807) is 9.36 Å². The van der Waals surface area contributed by atoms with E-state index in [0.717, 1.165) is 57.2 Å². The molecule has 0 saturated heterocycles. The number of rotatable bonds is 0. The Morgan fingerprint density at radius 1 is 0.576 bits per heavy atom. The summed E-state index contributed by atoms with van der Waals surface area (Å²) in [6.07, 6.45) is 8.25. The molecule has 4 aromatic heterocycles. The Labute approximate surface area is 204 Å². The molecule has 2 aromatic carbocycles. The molecule has 0 N–H and O–H groups in total. The Kier molecular flexibility index (Phi) is 4.70. The molecule has 1 aliphatic heterocycles. The third-order valence-electron chi connectivity index (χ3n) is 5.87. The van der Waals surface area contributed by atoms with Crippen LogP contribution in [-0.2, 0) is 33.9 Å². The van der Waals surface area contributed by atoms with Crippen molar-refractivity contribution in [2.45, 2.75) is 12.8 Å². The molecular formula is C26H16N6Pt. The van der Waals surface area contributed by atoms with Gasteiger partial charge in [-0.25, -0.2) is 10.2 Å². The predicted molar refractivity (Wildman–Crippen MR) is 121 cm³/mol. The van der Waals surface area contributed by atoms with E-state index in [0.29, 0.717) is 11.6 Å². The molecule has 160 valence electrons. The fourth-order valence-electron chi connectivity index (χ4n) is 4.35. The molecule has 8 bridgehead atoms. The van der Waals surface area contributed by atoms with Crippen LogP contribution >= 0.6 is 0 Å². The Morgan fingerprint density at radius 3 is 1.61 bits per heavy atom. The van der Waals surface area contributed by atoms with E-state index in [1.165, 1.54) is 0 Å². The van der Waals surface area contributed by atoms with Gasteiger partial charge in [0, 0.05) is 22.4 Å². The summed E-state index contributed by atoms with van der Waals surface area (Å²) < 4.78 is 3.42. The second kappa shape index (κ2) is 7.75. The average molecular weight is 608 g/mol. The summed E-state index contributed by atoms with van der Waals surface area (Å²) in [6, 6.07) is 24.3. The largest absolute Gasteiger partial charge is 2.00 e. The second-order valence-electron chi connectivity index (χ2n) is 8.00. The first-order valence-electron chi connectivity index (χ1n) is 10.5. The zero-order valence-electron chi connectivity index (χ0n) is 17.3. The number of aromatic nitrogens is 6. The van der Waals surface area contributed by atoms with Gasteiger partial charge in [-0.15, -0.1) is 23.3 Å². The smallest absolute Gasteiger partial charge is 0.312 e. The predicted octanol–water partition coefficient (Wildman–Crippen LogP) is 4.25. The minimum absolute atomic E-state index is 0. The normalized spacial score (nSPS) is 12.4. The van der Waals surface area contributed by atoms with Gasteiger partial charge in [-0.05, 0) is 37.4 Å². The minimum atomic E-state index is 0. The van der Waals surface area contributed by atoms with Crippen LogP contribution in [0.4, 0.5) is 0 Å². The molecule has 0 saturated carbocycles. The van der Waals surface area contributed by atoms with Crippen molar-refractivity contribution in [2.24, 2.45) is 0 Å². The number of benzene rings is 2. The van der Waals surface area contributed by atoms with Crippen LogP contribution in [0.5, 0.6) is 0 Å². The Bertz CT molecular complexity index is 1530. The van der Waals surface area contributed by atoms with Gasteiger partial charge in [-0.3, -0.25) is 4.98 Å². The Morgan fingerprint density at radius 2 is 1.06 bits per heavy atom. The molecule has 5 heterocycles. The van der Waals surface area contributed by atoms with Crippen LogP contribution in [0.3, 0.4) is 0 Å². The van der Waals surface area contributed by atoms with Crippen molar-refractivity contribution in [2.75, 3.05) is 0 Å². The van der Waals surface area contributed by atoms with E-state index in [4.69, 9.17) is 20.2 Å². The number of nitrogens with zero attached hydrogens (tertiary/aromatic N) is 6. The zero-order valence-corrected chi connectivity index (χ0v) is 19.6. The standard InChI is InChI=1S/C26H16N6.Pt/c1-5-17-13-19-7-3-8-20(27-19)14-18-6-2-10-24-22(18)16-32(30-24)26-12-4-11-25(28-26)31-15-21(17)23(9-1)29-31;/h1-12H,13-14H2;/q-2;+2. The molecule has 6 nitrogen and oxygen atoms in total. The molecule has 0 unspecified atom stereocenters. The van der Waals surface area contributed by atoms with E-state index < -0.39 is 0 Å². The molecule has 7 rings (SSSR count). The molecule has 6 aromatic rings. The summed E-state index contributed by atoms with van der Waals surface area (Å²) in [4.78, 5) is 9.75. The van der Waals surface area contributed by atoms with E-state index in [1.807, 2.05) is 42.5 Å². The van der Waals surface area contributed by atoms with Gasteiger partial charge in [0.25, 0.3) is 0 Å². The van der Waals surface area contributed by atoms with Crippen LogP contribution in [0.2, 0.25) is 0 Å². The molecule has 0 aliphatic carbocycles. The summed E-state index contributed by atoms with van der Waals surface area (Å²) in [5.41, 5.74) is 6.11. The maximum absolute atomic E-state index is 4.95. The van der Waals surface area contributed by atoms with Crippen LogP contribution in [0.15, 0.2) is 72.8 Å². The molecule has 33 heavy (non-hydrogen) atoms. The van der Waals surface area contributed by atoms with Crippen molar-refractivity contribution in [1.29, 1.82) is 0 Å². The molecule has 0 radical (unpaired) electrons. The van der Waals surface area contributed by atoms with Crippen molar-refractivity contribution in [1.82, 2.24) is 29.5 Å². The van der Waals surface area contributed by atoms with E-state index in [9.17, 15) is 0 Å². The van der Waals surface area contributed by atoms with Gasteiger partial charge in [-0.2, -0.15) is 0 Å². The second-order valence-corrected chi connectivity index (χ2v) is 8.00. The van der Waals surface area contributed by atoms with Crippen molar-refractivity contribution in [3.8, 4) is 11.6 Å². The summed E-state index contributed by atoms with van der Waals surface area (Å²) in [5, 5.41) is 11.4. The van der Waals surface area contributed by atoms with Gasteiger partial charge >= 0.3 is 21.1 Å². The third-order valence-corrected chi connectivity index (χ3v) is 5.87. The fraction of sp³-hybridized carbons (Fsp3) is 0.0769. The molecule has 0 amide bonds. The molecule has 0 spiro atoms.